The number of aromatic nitrogens is 2. The molecule has 4 nitrogen and oxygen atoms in total. The summed E-state index contributed by atoms with van der Waals surface area (Å²) in [6.45, 7) is 4.98. The SMILES string of the molecule is Cc1nccc(NCCC2=CCNCC2)n1. The first-order valence-corrected chi connectivity index (χ1v) is 5.77. The third kappa shape index (κ3) is 3.31. The zero-order chi connectivity index (χ0) is 11.2. The lowest BCUT2D eigenvalue weighted by atomic mass is 10.1. The van der Waals surface area contributed by atoms with Crippen LogP contribution >= 0.6 is 0 Å². The van der Waals surface area contributed by atoms with Gasteiger partial charge in [-0.3, -0.25) is 0 Å². The van der Waals surface area contributed by atoms with Gasteiger partial charge in [0.1, 0.15) is 11.6 Å². The van der Waals surface area contributed by atoms with Crippen LogP contribution in [0, 0.1) is 6.92 Å². The summed E-state index contributed by atoms with van der Waals surface area (Å²) in [6, 6.07) is 1.91. The van der Waals surface area contributed by atoms with Crippen LogP contribution in [0.4, 0.5) is 5.82 Å². The molecule has 0 amide bonds. The Morgan fingerprint density at radius 1 is 1.50 bits per heavy atom. The van der Waals surface area contributed by atoms with Crippen molar-refractivity contribution < 1.29 is 0 Å². The molecular formula is C12H18N4. The fourth-order valence-electron chi connectivity index (χ4n) is 1.80. The molecule has 2 N–H and O–H groups in total. The molecule has 0 spiro atoms. The maximum atomic E-state index is 4.30. The van der Waals surface area contributed by atoms with Crippen molar-refractivity contribution in [2.45, 2.75) is 19.8 Å². The lowest BCUT2D eigenvalue weighted by Crippen LogP contribution is -2.21. The van der Waals surface area contributed by atoms with E-state index in [-0.39, 0.29) is 0 Å². The van der Waals surface area contributed by atoms with E-state index in [0.717, 1.165) is 37.7 Å². The highest BCUT2D eigenvalue weighted by Crippen LogP contribution is 2.09. The lowest BCUT2D eigenvalue weighted by Gasteiger charge is -2.14. The second kappa shape index (κ2) is 5.61. The summed E-state index contributed by atoms with van der Waals surface area (Å²) < 4.78 is 0. The maximum Gasteiger partial charge on any atom is 0.129 e. The van der Waals surface area contributed by atoms with Crippen LogP contribution in [-0.4, -0.2) is 29.6 Å². The van der Waals surface area contributed by atoms with Gasteiger partial charge in [0.15, 0.2) is 0 Å². The minimum Gasteiger partial charge on any atom is -0.370 e. The van der Waals surface area contributed by atoms with Gasteiger partial charge >= 0.3 is 0 Å². The van der Waals surface area contributed by atoms with Crippen molar-refractivity contribution in [3.63, 3.8) is 0 Å². The molecule has 0 aromatic carbocycles. The van der Waals surface area contributed by atoms with E-state index < -0.39 is 0 Å². The van der Waals surface area contributed by atoms with Crippen LogP contribution in [0.15, 0.2) is 23.9 Å². The molecule has 0 saturated heterocycles. The average molecular weight is 218 g/mol. The predicted molar refractivity (Wildman–Crippen MR) is 65.4 cm³/mol. The Labute approximate surface area is 96.2 Å². The van der Waals surface area contributed by atoms with E-state index in [9.17, 15) is 0 Å². The molecule has 0 unspecified atom stereocenters. The van der Waals surface area contributed by atoms with E-state index in [4.69, 9.17) is 0 Å². The number of aryl methyl sites for hydroxylation is 1. The van der Waals surface area contributed by atoms with Crippen LogP contribution < -0.4 is 10.6 Å². The van der Waals surface area contributed by atoms with Crippen LogP contribution in [-0.2, 0) is 0 Å². The molecular weight excluding hydrogens is 200 g/mol. The van der Waals surface area contributed by atoms with Gasteiger partial charge in [-0.25, -0.2) is 9.97 Å². The Hall–Kier alpha value is -1.42. The number of anilines is 1. The third-order valence-corrected chi connectivity index (χ3v) is 2.69. The number of rotatable bonds is 4. The molecule has 2 heterocycles. The number of nitrogens with zero attached hydrogens (tertiary/aromatic N) is 2. The van der Waals surface area contributed by atoms with Crippen molar-refractivity contribution in [3.05, 3.63) is 29.7 Å². The van der Waals surface area contributed by atoms with Gasteiger partial charge in [-0.05, 0) is 32.4 Å². The van der Waals surface area contributed by atoms with Crippen LogP contribution in [0.2, 0.25) is 0 Å². The fourth-order valence-corrected chi connectivity index (χ4v) is 1.80. The van der Waals surface area contributed by atoms with Gasteiger partial charge < -0.3 is 10.6 Å². The molecule has 2 rings (SSSR count). The number of hydrogen-bond donors (Lipinski definition) is 2. The van der Waals surface area contributed by atoms with Gasteiger partial charge in [0, 0.05) is 19.3 Å². The van der Waals surface area contributed by atoms with Crippen LogP contribution in [0.3, 0.4) is 0 Å². The molecule has 1 aromatic rings. The van der Waals surface area contributed by atoms with E-state index in [0.29, 0.717) is 0 Å². The van der Waals surface area contributed by atoms with Crippen molar-refractivity contribution in [1.82, 2.24) is 15.3 Å². The zero-order valence-corrected chi connectivity index (χ0v) is 9.66. The molecule has 1 aliphatic heterocycles. The summed E-state index contributed by atoms with van der Waals surface area (Å²) >= 11 is 0. The summed E-state index contributed by atoms with van der Waals surface area (Å²) in [7, 11) is 0. The number of hydrogen-bond acceptors (Lipinski definition) is 4. The molecule has 86 valence electrons. The molecule has 0 fully saturated rings. The quantitative estimate of drug-likeness (QED) is 0.752. The minimum atomic E-state index is 0.811. The molecule has 4 heteroatoms. The molecule has 0 saturated carbocycles. The fraction of sp³-hybridized carbons (Fsp3) is 0.500. The van der Waals surface area contributed by atoms with Gasteiger partial charge in [0.25, 0.3) is 0 Å². The van der Waals surface area contributed by atoms with Crippen molar-refractivity contribution in [1.29, 1.82) is 0 Å². The van der Waals surface area contributed by atoms with Crippen molar-refractivity contribution in [3.8, 4) is 0 Å². The first-order chi connectivity index (χ1) is 7.84. The van der Waals surface area contributed by atoms with Gasteiger partial charge in [0.05, 0.1) is 0 Å². The summed E-state index contributed by atoms with van der Waals surface area (Å²) in [5, 5.41) is 6.63. The van der Waals surface area contributed by atoms with Crippen LogP contribution in [0.1, 0.15) is 18.7 Å². The molecule has 1 aliphatic rings. The standard InChI is InChI=1S/C12H18N4/c1-10-14-9-5-12(16-10)15-8-4-11-2-6-13-7-3-11/h2,5,9,13H,3-4,6-8H2,1H3,(H,14,15,16). The third-order valence-electron chi connectivity index (χ3n) is 2.69. The predicted octanol–water partition coefficient (Wildman–Crippen LogP) is 1.51. The van der Waals surface area contributed by atoms with E-state index in [1.165, 1.54) is 12.0 Å². The van der Waals surface area contributed by atoms with E-state index in [1.807, 2.05) is 13.0 Å². The van der Waals surface area contributed by atoms with E-state index in [1.54, 1.807) is 6.20 Å². The molecule has 1 aromatic heterocycles. The summed E-state index contributed by atoms with van der Waals surface area (Å²) in [4.78, 5) is 8.37. The second-order valence-electron chi connectivity index (χ2n) is 3.98. The van der Waals surface area contributed by atoms with Crippen molar-refractivity contribution >= 4 is 5.82 Å². The Kier molecular flexibility index (Phi) is 3.88. The van der Waals surface area contributed by atoms with Gasteiger partial charge in [0.2, 0.25) is 0 Å². The molecule has 0 radical (unpaired) electrons. The Balaban J connectivity index is 1.77. The Morgan fingerprint density at radius 2 is 2.44 bits per heavy atom. The largest absolute Gasteiger partial charge is 0.370 e. The summed E-state index contributed by atoms with van der Waals surface area (Å²) in [5.74, 6) is 1.73. The van der Waals surface area contributed by atoms with Gasteiger partial charge in [-0.15, -0.1) is 0 Å². The highest BCUT2D eigenvalue weighted by Gasteiger charge is 2.02. The second-order valence-corrected chi connectivity index (χ2v) is 3.98. The molecule has 16 heavy (non-hydrogen) atoms. The maximum absolute atomic E-state index is 4.30. The summed E-state index contributed by atoms with van der Waals surface area (Å²) in [6.07, 6.45) is 6.35. The molecule has 0 atom stereocenters. The first kappa shape index (κ1) is 11.1. The Bertz CT molecular complexity index is 373. The molecule has 0 bridgehead atoms. The van der Waals surface area contributed by atoms with Crippen LogP contribution in [0.5, 0.6) is 0 Å². The monoisotopic (exact) mass is 218 g/mol. The average Bonchev–Trinajstić information content (AvgIpc) is 2.30. The van der Waals surface area contributed by atoms with E-state index >= 15 is 0 Å². The lowest BCUT2D eigenvalue weighted by molar-refractivity contribution is 0.683. The topological polar surface area (TPSA) is 49.8 Å². The highest BCUT2D eigenvalue weighted by atomic mass is 15.0. The van der Waals surface area contributed by atoms with Crippen molar-refractivity contribution in [2.75, 3.05) is 25.0 Å². The summed E-state index contributed by atoms with van der Waals surface area (Å²) in [5.41, 5.74) is 1.54. The first-order valence-electron chi connectivity index (χ1n) is 5.77. The minimum absolute atomic E-state index is 0.811. The normalized spacial score (nSPS) is 15.7. The van der Waals surface area contributed by atoms with Crippen LogP contribution in [0.25, 0.3) is 0 Å². The number of nitrogens with one attached hydrogen (secondary N) is 2. The van der Waals surface area contributed by atoms with Gasteiger partial charge in [-0.2, -0.15) is 0 Å². The Morgan fingerprint density at radius 3 is 3.19 bits per heavy atom. The van der Waals surface area contributed by atoms with Gasteiger partial charge in [-0.1, -0.05) is 11.6 Å². The molecule has 0 aliphatic carbocycles. The van der Waals surface area contributed by atoms with E-state index in [2.05, 4.69) is 26.7 Å². The zero-order valence-electron chi connectivity index (χ0n) is 9.66. The smallest absolute Gasteiger partial charge is 0.129 e. The van der Waals surface area contributed by atoms with Crippen molar-refractivity contribution in [2.24, 2.45) is 0 Å². The highest BCUT2D eigenvalue weighted by molar-refractivity contribution is 5.32.